The van der Waals surface area contributed by atoms with Crippen molar-refractivity contribution >= 4 is 5.91 Å². The Morgan fingerprint density at radius 1 is 1.03 bits per heavy atom. The SMILES string of the molecule is CC(NC(=O)c1cn(-c2ccccc2)nc1-c1cccnc1)c1ccc2c(c1)OCCO2. The largest absolute Gasteiger partial charge is 0.486 e. The lowest BCUT2D eigenvalue weighted by atomic mass is 10.1. The molecular weight excluding hydrogens is 404 g/mol. The van der Waals surface area contributed by atoms with Crippen LogP contribution in [0.3, 0.4) is 0 Å². The molecule has 2 aromatic heterocycles. The van der Waals surface area contributed by atoms with Gasteiger partial charge in [0.1, 0.15) is 18.9 Å². The summed E-state index contributed by atoms with van der Waals surface area (Å²) in [7, 11) is 0. The molecule has 0 saturated heterocycles. The molecular formula is C25H22N4O3. The van der Waals surface area contributed by atoms with Crippen LogP contribution in [0.25, 0.3) is 16.9 Å². The van der Waals surface area contributed by atoms with Crippen LogP contribution < -0.4 is 14.8 Å². The third-order valence-electron chi connectivity index (χ3n) is 5.33. The molecule has 1 aliphatic heterocycles. The lowest BCUT2D eigenvalue weighted by molar-refractivity contribution is 0.0940. The van der Waals surface area contributed by atoms with E-state index in [-0.39, 0.29) is 11.9 Å². The van der Waals surface area contributed by atoms with Crippen LogP contribution in [0.1, 0.15) is 28.9 Å². The first-order valence-corrected chi connectivity index (χ1v) is 10.4. The number of hydrogen-bond acceptors (Lipinski definition) is 5. The Morgan fingerprint density at radius 3 is 2.62 bits per heavy atom. The second kappa shape index (κ2) is 8.55. The molecule has 1 aliphatic rings. The summed E-state index contributed by atoms with van der Waals surface area (Å²) in [6.45, 7) is 3.00. The second-order valence-electron chi connectivity index (χ2n) is 7.51. The van der Waals surface area contributed by atoms with Crippen molar-refractivity contribution in [3.63, 3.8) is 0 Å². The van der Waals surface area contributed by atoms with E-state index in [2.05, 4.69) is 15.4 Å². The minimum absolute atomic E-state index is 0.214. The molecule has 4 aromatic rings. The van der Waals surface area contributed by atoms with E-state index in [1.807, 2.05) is 67.6 Å². The number of rotatable bonds is 5. The number of pyridine rings is 1. The van der Waals surface area contributed by atoms with Crippen LogP contribution in [0.4, 0.5) is 0 Å². The van der Waals surface area contributed by atoms with E-state index in [4.69, 9.17) is 9.47 Å². The average molecular weight is 426 g/mol. The minimum Gasteiger partial charge on any atom is -0.486 e. The molecule has 7 nitrogen and oxygen atoms in total. The smallest absolute Gasteiger partial charge is 0.255 e. The fourth-order valence-corrected chi connectivity index (χ4v) is 3.66. The zero-order valence-electron chi connectivity index (χ0n) is 17.6. The highest BCUT2D eigenvalue weighted by Gasteiger charge is 2.22. The number of aromatic nitrogens is 3. The third kappa shape index (κ3) is 3.92. The highest BCUT2D eigenvalue weighted by atomic mass is 16.6. The van der Waals surface area contributed by atoms with Crippen LogP contribution in [0, 0.1) is 0 Å². The molecule has 7 heteroatoms. The van der Waals surface area contributed by atoms with Crippen LogP contribution in [0.15, 0.2) is 79.3 Å². The number of nitrogens with one attached hydrogen (secondary N) is 1. The lowest BCUT2D eigenvalue weighted by Crippen LogP contribution is -2.27. The van der Waals surface area contributed by atoms with Gasteiger partial charge in [0.2, 0.25) is 0 Å². The van der Waals surface area contributed by atoms with Crippen molar-refractivity contribution in [1.29, 1.82) is 0 Å². The third-order valence-corrected chi connectivity index (χ3v) is 5.33. The van der Waals surface area contributed by atoms with Crippen LogP contribution >= 0.6 is 0 Å². The van der Waals surface area contributed by atoms with Crippen LogP contribution in [-0.4, -0.2) is 33.9 Å². The summed E-state index contributed by atoms with van der Waals surface area (Å²) in [4.78, 5) is 17.5. The van der Waals surface area contributed by atoms with Crippen molar-refractivity contribution in [2.24, 2.45) is 0 Å². The summed E-state index contributed by atoms with van der Waals surface area (Å²) in [6.07, 6.45) is 5.16. The summed E-state index contributed by atoms with van der Waals surface area (Å²) < 4.78 is 13.0. The number of hydrogen-bond donors (Lipinski definition) is 1. The summed E-state index contributed by atoms with van der Waals surface area (Å²) in [6, 6.07) is 18.9. The normalized spacial score (nSPS) is 13.4. The summed E-state index contributed by atoms with van der Waals surface area (Å²) >= 11 is 0. The van der Waals surface area contributed by atoms with E-state index >= 15 is 0 Å². The van der Waals surface area contributed by atoms with Gasteiger partial charge in [0, 0.05) is 24.2 Å². The van der Waals surface area contributed by atoms with Crippen LogP contribution in [0.2, 0.25) is 0 Å². The van der Waals surface area contributed by atoms with E-state index in [1.54, 1.807) is 23.3 Å². The van der Waals surface area contributed by atoms with Gasteiger partial charge >= 0.3 is 0 Å². The Kier molecular flexibility index (Phi) is 5.29. The molecule has 0 saturated carbocycles. The van der Waals surface area contributed by atoms with Crippen LogP contribution in [0.5, 0.6) is 11.5 Å². The Morgan fingerprint density at radius 2 is 1.84 bits per heavy atom. The molecule has 2 aromatic carbocycles. The summed E-state index contributed by atoms with van der Waals surface area (Å²) in [5.74, 6) is 1.21. The molecule has 3 heterocycles. The minimum atomic E-state index is -0.236. The number of carbonyl (C=O) groups excluding carboxylic acids is 1. The van der Waals surface area contributed by atoms with E-state index in [0.717, 1.165) is 22.6 Å². The molecule has 1 amide bonds. The lowest BCUT2D eigenvalue weighted by Gasteiger charge is -2.21. The second-order valence-corrected chi connectivity index (χ2v) is 7.51. The van der Waals surface area contributed by atoms with Gasteiger partial charge < -0.3 is 14.8 Å². The molecule has 0 radical (unpaired) electrons. The van der Waals surface area contributed by atoms with Crippen molar-refractivity contribution in [2.45, 2.75) is 13.0 Å². The first-order valence-electron chi connectivity index (χ1n) is 10.4. The number of fused-ring (bicyclic) bond motifs is 1. The van der Waals surface area contributed by atoms with E-state index in [9.17, 15) is 4.79 Å². The van der Waals surface area contributed by atoms with Gasteiger partial charge in [0.05, 0.1) is 17.3 Å². The maximum Gasteiger partial charge on any atom is 0.255 e. The zero-order chi connectivity index (χ0) is 21.9. The number of ether oxygens (including phenoxy) is 2. The predicted octanol–water partition coefficient (Wildman–Crippen LogP) is 4.20. The molecule has 0 fully saturated rings. The first-order chi connectivity index (χ1) is 15.7. The van der Waals surface area contributed by atoms with Gasteiger partial charge in [-0.05, 0) is 48.9 Å². The van der Waals surface area contributed by atoms with Gasteiger partial charge in [-0.1, -0.05) is 24.3 Å². The van der Waals surface area contributed by atoms with Gasteiger partial charge in [-0.15, -0.1) is 0 Å². The number of para-hydroxylation sites is 1. The highest BCUT2D eigenvalue weighted by molar-refractivity contribution is 6.00. The number of carbonyl (C=O) groups is 1. The Labute approximate surface area is 185 Å². The average Bonchev–Trinajstić information content (AvgIpc) is 3.31. The first kappa shape index (κ1) is 19.8. The topological polar surface area (TPSA) is 78.3 Å². The number of benzene rings is 2. The maximum atomic E-state index is 13.3. The standard InChI is InChI=1S/C25H22N4O3/c1-17(18-9-10-22-23(14-18)32-13-12-31-22)27-25(30)21-16-29(20-7-3-2-4-8-20)28-24(21)19-6-5-11-26-15-19/h2-11,14-17H,12-13H2,1H3,(H,27,30). The molecule has 0 aliphatic carbocycles. The molecule has 32 heavy (non-hydrogen) atoms. The Balaban J connectivity index is 1.45. The van der Waals surface area contributed by atoms with Crippen molar-refractivity contribution in [1.82, 2.24) is 20.1 Å². The quantitative estimate of drug-likeness (QED) is 0.518. The Hall–Kier alpha value is -4.13. The van der Waals surface area contributed by atoms with Crippen molar-refractivity contribution in [2.75, 3.05) is 13.2 Å². The molecule has 1 N–H and O–H groups in total. The Bertz CT molecular complexity index is 1240. The molecule has 0 spiro atoms. The number of nitrogens with zero attached hydrogens (tertiary/aromatic N) is 3. The zero-order valence-corrected chi connectivity index (χ0v) is 17.6. The van der Waals surface area contributed by atoms with Gasteiger partial charge in [0.15, 0.2) is 11.5 Å². The molecule has 1 atom stereocenters. The molecule has 0 bridgehead atoms. The fraction of sp³-hybridized carbons (Fsp3) is 0.160. The summed E-state index contributed by atoms with van der Waals surface area (Å²) in [5, 5.41) is 7.77. The van der Waals surface area contributed by atoms with Gasteiger partial charge in [-0.3, -0.25) is 9.78 Å². The predicted molar refractivity (Wildman–Crippen MR) is 120 cm³/mol. The van der Waals surface area contributed by atoms with Gasteiger partial charge in [-0.25, -0.2) is 4.68 Å². The number of amides is 1. The maximum absolute atomic E-state index is 13.3. The van der Waals surface area contributed by atoms with E-state index in [0.29, 0.717) is 30.2 Å². The van der Waals surface area contributed by atoms with Crippen molar-refractivity contribution in [3.8, 4) is 28.4 Å². The van der Waals surface area contributed by atoms with Gasteiger partial charge in [-0.2, -0.15) is 5.10 Å². The fourth-order valence-electron chi connectivity index (χ4n) is 3.66. The van der Waals surface area contributed by atoms with Crippen molar-refractivity contribution in [3.05, 3.63) is 90.4 Å². The van der Waals surface area contributed by atoms with E-state index < -0.39 is 0 Å². The van der Waals surface area contributed by atoms with Crippen LogP contribution in [-0.2, 0) is 0 Å². The highest BCUT2D eigenvalue weighted by Crippen LogP contribution is 2.33. The van der Waals surface area contributed by atoms with Crippen molar-refractivity contribution < 1.29 is 14.3 Å². The molecule has 5 rings (SSSR count). The van der Waals surface area contributed by atoms with E-state index in [1.165, 1.54) is 0 Å². The monoisotopic (exact) mass is 426 g/mol. The molecule has 1 unspecified atom stereocenters. The summed E-state index contributed by atoms with van der Waals surface area (Å²) in [5.41, 5.74) is 3.64. The van der Waals surface area contributed by atoms with Gasteiger partial charge in [0.25, 0.3) is 5.91 Å². The molecule has 160 valence electrons.